The molecule has 1 aliphatic carbocycles. The number of carbonyl (C=O) groups excluding carboxylic acids is 1. The third-order valence-corrected chi connectivity index (χ3v) is 3.38. The first-order chi connectivity index (χ1) is 7.26. The van der Waals surface area contributed by atoms with Gasteiger partial charge in [0, 0.05) is 6.42 Å². The van der Waals surface area contributed by atoms with Crippen LogP contribution in [0.4, 0.5) is 0 Å². The lowest BCUT2D eigenvalue weighted by atomic mass is 9.87. The van der Waals surface area contributed by atoms with Gasteiger partial charge in [-0.1, -0.05) is 45.1 Å². The van der Waals surface area contributed by atoms with Crippen molar-refractivity contribution in [1.82, 2.24) is 0 Å². The zero-order valence-corrected chi connectivity index (χ0v) is 10.2. The van der Waals surface area contributed by atoms with Crippen molar-refractivity contribution in [3.05, 3.63) is 11.6 Å². The number of unbranched alkanes of at least 4 members (excludes halogenated alkanes) is 1. The summed E-state index contributed by atoms with van der Waals surface area (Å²) in [5.74, 6) is 1.16. The van der Waals surface area contributed by atoms with Gasteiger partial charge in [0.05, 0.1) is 0 Å². The van der Waals surface area contributed by atoms with E-state index in [-0.39, 0.29) is 0 Å². The van der Waals surface area contributed by atoms with Crippen LogP contribution < -0.4 is 0 Å². The molecular formula is C14H24O. The minimum atomic E-state index is 0.349. The van der Waals surface area contributed by atoms with Crippen molar-refractivity contribution in [2.45, 2.75) is 65.2 Å². The lowest BCUT2D eigenvalue weighted by molar-refractivity contribution is -0.115. The molecule has 1 atom stereocenters. The Morgan fingerprint density at radius 1 is 1.33 bits per heavy atom. The van der Waals surface area contributed by atoms with Crippen molar-refractivity contribution in [1.29, 1.82) is 0 Å². The van der Waals surface area contributed by atoms with E-state index in [1.165, 1.54) is 37.7 Å². The molecule has 0 saturated heterocycles. The Hall–Kier alpha value is -0.590. The van der Waals surface area contributed by atoms with E-state index in [1.54, 1.807) is 0 Å². The maximum absolute atomic E-state index is 11.3. The molecule has 1 unspecified atom stereocenters. The van der Waals surface area contributed by atoms with Gasteiger partial charge in [-0.05, 0) is 31.3 Å². The molecule has 0 spiro atoms. The van der Waals surface area contributed by atoms with Gasteiger partial charge in [-0.3, -0.25) is 4.79 Å². The van der Waals surface area contributed by atoms with Crippen molar-refractivity contribution < 1.29 is 4.79 Å². The molecule has 0 aromatic rings. The second-order valence-electron chi connectivity index (χ2n) is 4.74. The van der Waals surface area contributed by atoms with E-state index < -0.39 is 0 Å². The summed E-state index contributed by atoms with van der Waals surface area (Å²) in [7, 11) is 0. The highest BCUT2D eigenvalue weighted by Gasteiger charge is 2.13. The van der Waals surface area contributed by atoms with Crippen molar-refractivity contribution in [3.63, 3.8) is 0 Å². The minimum Gasteiger partial charge on any atom is -0.295 e. The van der Waals surface area contributed by atoms with Crippen LogP contribution in [0.5, 0.6) is 0 Å². The SMILES string of the molecule is CCCCC(CC)CC1=CC(=O)CCC1. The van der Waals surface area contributed by atoms with E-state index in [0.717, 1.165) is 25.2 Å². The maximum atomic E-state index is 11.3. The van der Waals surface area contributed by atoms with E-state index in [4.69, 9.17) is 0 Å². The summed E-state index contributed by atoms with van der Waals surface area (Å²) in [5, 5.41) is 0. The number of rotatable bonds is 6. The van der Waals surface area contributed by atoms with Gasteiger partial charge >= 0.3 is 0 Å². The number of hydrogen-bond acceptors (Lipinski definition) is 1. The molecule has 0 N–H and O–H groups in total. The highest BCUT2D eigenvalue weighted by atomic mass is 16.1. The molecule has 15 heavy (non-hydrogen) atoms. The van der Waals surface area contributed by atoms with Crippen LogP contribution in [-0.2, 0) is 4.79 Å². The molecule has 0 heterocycles. The first-order valence-corrected chi connectivity index (χ1v) is 6.48. The number of carbonyl (C=O) groups is 1. The van der Waals surface area contributed by atoms with Crippen LogP contribution in [-0.4, -0.2) is 5.78 Å². The Morgan fingerprint density at radius 2 is 2.13 bits per heavy atom. The molecule has 0 aromatic carbocycles. The Bertz CT molecular complexity index is 227. The van der Waals surface area contributed by atoms with Gasteiger partial charge in [-0.15, -0.1) is 0 Å². The Morgan fingerprint density at radius 3 is 2.73 bits per heavy atom. The fourth-order valence-corrected chi connectivity index (χ4v) is 2.34. The van der Waals surface area contributed by atoms with Crippen LogP contribution in [0.15, 0.2) is 11.6 Å². The molecule has 86 valence electrons. The summed E-state index contributed by atoms with van der Waals surface area (Å²) >= 11 is 0. The average Bonchev–Trinajstić information content (AvgIpc) is 2.24. The van der Waals surface area contributed by atoms with E-state index in [9.17, 15) is 4.79 Å². The third-order valence-electron chi connectivity index (χ3n) is 3.38. The molecule has 0 saturated carbocycles. The standard InChI is InChI=1S/C14H24O/c1-3-5-7-12(4-2)10-13-8-6-9-14(15)11-13/h11-12H,3-10H2,1-2H3. The smallest absolute Gasteiger partial charge is 0.155 e. The van der Waals surface area contributed by atoms with Gasteiger partial charge in [0.1, 0.15) is 0 Å². The largest absolute Gasteiger partial charge is 0.295 e. The summed E-state index contributed by atoms with van der Waals surface area (Å²) in [5.41, 5.74) is 1.41. The average molecular weight is 208 g/mol. The summed E-state index contributed by atoms with van der Waals surface area (Å²) in [4.78, 5) is 11.3. The van der Waals surface area contributed by atoms with Gasteiger partial charge in [-0.2, -0.15) is 0 Å². The summed E-state index contributed by atoms with van der Waals surface area (Å²) in [6.45, 7) is 4.52. The number of ketones is 1. The number of allylic oxidation sites excluding steroid dienone is 2. The highest BCUT2D eigenvalue weighted by molar-refractivity contribution is 5.91. The quantitative estimate of drug-likeness (QED) is 0.637. The molecule has 1 rings (SSSR count). The molecule has 0 fully saturated rings. The Kier molecular flexibility index (Phi) is 5.67. The zero-order chi connectivity index (χ0) is 11.1. The predicted molar refractivity (Wildman–Crippen MR) is 64.9 cm³/mol. The van der Waals surface area contributed by atoms with Gasteiger partial charge < -0.3 is 0 Å². The van der Waals surface area contributed by atoms with Crippen LogP contribution >= 0.6 is 0 Å². The Balaban J connectivity index is 2.39. The highest BCUT2D eigenvalue weighted by Crippen LogP contribution is 2.26. The predicted octanol–water partition coefficient (Wildman–Crippen LogP) is 4.27. The van der Waals surface area contributed by atoms with E-state index >= 15 is 0 Å². The lowest BCUT2D eigenvalue weighted by Crippen LogP contribution is -2.07. The van der Waals surface area contributed by atoms with Crippen molar-refractivity contribution in [3.8, 4) is 0 Å². The van der Waals surface area contributed by atoms with E-state index in [2.05, 4.69) is 13.8 Å². The van der Waals surface area contributed by atoms with Crippen molar-refractivity contribution >= 4 is 5.78 Å². The van der Waals surface area contributed by atoms with Crippen LogP contribution in [0, 0.1) is 5.92 Å². The fraction of sp³-hybridized carbons (Fsp3) is 0.786. The molecule has 0 bridgehead atoms. The van der Waals surface area contributed by atoms with Crippen molar-refractivity contribution in [2.75, 3.05) is 0 Å². The second-order valence-corrected chi connectivity index (χ2v) is 4.74. The fourth-order valence-electron chi connectivity index (χ4n) is 2.34. The zero-order valence-electron chi connectivity index (χ0n) is 10.2. The first-order valence-electron chi connectivity index (χ1n) is 6.48. The first kappa shape index (κ1) is 12.5. The minimum absolute atomic E-state index is 0.349. The normalized spacial score (nSPS) is 18.8. The van der Waals surface area contributed by atoms with Crippen molar-refractivity contribution in [2.24, 2.45) is 5.92 Å². The summed E-state index contributed by atoms with van der Waals surface area (Å²) in [6.07, 6.45) is 11.3. The molecule has 1 heteroatoms. The topological polar surface area (TPSA) is 17.1 Å². The Labute approximate surface area is 93.9 Å². The third kappa shape index (κ3) is 4.63. The van der Waals surface area contributed by atoms with Crippen LogP contribution in [0.2, 0.25) is 0 Å². The maximum Gasteiger partial charge on any atom is 0.155 e. The molecule has 1 nitrogen and oxygen atoms in total. The monoisotopic (exact) mass is 208 g/mol. The van der Waals surface area contributed by atoms with Gasteiger partial charge in [0.15, 0.2) is 5.78 Å². The van der Waals surface area contributed by atoms with Crippen LogP contribution in [0.1, 0.15) is 65.2 Å². The second kappa shape index (κ2) is 6.81. The molecule has 0 amide bonds. The molecule has 0 aromatic heterocycles. The number of hydrogen-bond donors (Lipinski definition) is 0. The van der Waals surface area contributed by atoms with E-state index in [1.807, 2.05) is 6.08 Å². The van der Waals surface area contributed by atoms with Crippen LogP contribution in [0.25, 0.3) is 0 Å². The molecular weight excluding hydrogens is 184 g/mol. The van der Waals surface area contributed by atoms with Gasteiger partial charge in [-0.25, -0.2) is 0 Å². The van der Waals surface area contributed by atoms with Crippen LogP contribution in [0.3, 0.4) is 0 Å². The summed E-state index contributed by atoms with van der Waals surface area (Å²) < 4.78 is 0. The lowest BCUT2D eigenvalue weighted by Gasteiger charge is -2.18. The summed E-state index contributed by atoms with van der Waals surface area (Å²) in [6, 6.07) is 0. The molecule has 0 aliphatic heterocycles. The van der Waals surface area contributed by atoms with Gasteiger partial charge in [0.2, 0.25) is 0 Å². The molecule has 0 radical (unpaired) electrons. The molecule has 1 aliphatic rings. The van der Waals surface area contributed by atoms with Gasteiger partial charge in [0.25, 0.3) is 0 Å². The van der Waals surface area contributed by atoms with E-state index in [0.29, 0.717) is 5.78 Å².